The lowest BCUT2D eigenvalue weighted by atomic mass is 9.96. The van der Waals surface area contributed by atoms with Crippen LogP contribution in [0.3, 0.4) is 0 Å². The Morgan fingerprint density at radius 2 is 1.84 bits per heavy atom. The predicted octanol–water partition coefficient (Wildman–Crippen LogP) is 4.22. The van der Waals surface area contributed by atoms with E-state index in [0.29, 0.717) is 5.69 Å². The molecule has 0 aromatic heterocycles. The summed E-state index contributed by atoms with van der Waals surface area (Å²) in [6.07, 6.45) is 4.93. The molecule has 32 heavy (non-hydrogen) atoms. The molecule has 9 nitrogen and oxygen atoms in total. The van der Waals surface area contributed by atoms with Crippen molar-refractivity contribution in [3.63, 3.8) is 0 Å². The van der Waals surface area contributed by atoms with E-state index in [1.54, 1.807) is 7.05 Å². The summed E-state index contributed by atoms with van der Waals surface area (Å²) in [4.78, 5) is 22.5. The standard InChI is InChI=1S/C21H24ClN3O6S/c1-24(16-5-3-2-4-6-16)32(29,30)18-10-7-15(8-11-18)23-21(26)14-31-20-12-9-17(25(27)28)13-19(20)22/h7-13,16H,2-6,14H2,1H3,(H,23,26). The van der Waals surface area contributed by atoms with Gasteiger partial charge < -0.3 is 10.1 Å². The van der Waals surface area contributed by atoms with Crippen molar-refractivity contribution >= 4 is 38.9 Å². The van der Waals surface area contributed by atoms with E-state index in [1.165, 1.54) is 40.7 Å². The summed E-state index contributed by atoms with van der Waals surface area (Å²) in [6.45, 7) is -0.373. The molecule has 0 spiro atoms. The summed E-state index contributed by atoms with van der Waals surface area (Å²) in [6, 6.07) is 9.63. The number of nitro groups is 1. The summed E-state index contributed by atoms with van der Waals surface area (Å²) in [5.41, 5.74) is 0.226. The second-order valence-corrected chi connectivity index (χ2v) is 9.95. The Morgan fingerprint density at radius 3 is 2.44 bits per heavy atom. The Hall–Kier alpha value is -2.69. The minimum absolute atomic E-state index is 0.0107. The second kappa shape index (κ2) is 10.3. The third kappa shape index (κ3) is 5.76. The van der Waals surface area contributed by atoms with Gasteiger partial charge in [0.2, 0.25) is 10.0 Å². The van der Waals surface area contributed by atoms with E-state index in [9.17, 15) is 23.3 Å². The zero-order chi connectivity index (χ0) is 23.3. The third-order valence-electron chi connectivity index (χ3n) is 5.39. The van der Waals surface area contributed by atoms with Gasteiger partial charge >= 0.3 is 0 Å². The summed E-state index contributed by atoms with van der Waals surface area (Å²) in [5.74, 6) is -0.353. The number of nitrogens with zero attached hydrogens (tertiary/aromatic N) is 2. The number of carbonyl (C=O) groups is 1. The monoisotopic (exact) mass is 481 g/mol. The van der Waals surface area contributed by atoms with Crippen LogP contribution < -0.4 is 10.1 Å². The molecule has 11 heteroatoms. The lowest BCUT2D eigenvalue weighted by Gasteiger charge is -2.30. The van der Waals surface area contributed by atoms with Gasteiger partial charge in [0.05, 0.1) is 14.8 Å². The topological polar surface area (TPSA) is 119 Å². The highest BCUT2D eigenvalue weighted by atomic mass is 35.5. The van der Waals surface area contributed by atoms with Crippen LogP contribution in [0.15, 0.2) is 47.4 Å². The number of halogens is 1. The van der Waals surface area contributed by atoms with Gasteiger partial charge in [-0.25, -0.2) is 8.42 Å². The number of benzene rings is 2. The first-order valence-electron chi connectivity index (χ1n) is 10.1. The fourth-order valence-corrected chi connectivity index (χ4v) is 5.22. The van der Waals surface area contributed by atoms with Gasteiger partial charge in [-0.3, -0.25) is 14.9 Å². The Balaban J connectivity index is 1.58. The van der Waals surface area contributed by atoms with Crippen LogP contribution in [0.5, 0.6) is 5.75 Å². The fraction of sp³-hybridized carbons (Fsp3) is 0.381. The average Bonchev–Trinajstić information content (AvgIpc) is 2.78. The Labute approximate surface area is 191 Å². The van der Waals surface area contributed by atoms with Crippen LogP contribution in [0.2, 0.25) is 5.02 Å². The quantitative estimate of drug-likeness (QED) is 0.445. The van der Waals surface area contributed by atoms with E-state index in [4.69, 9.17) is 16.3 Å². The first-order chi connectivity index (χ1) is 15.2. The minimum atomic E-state index is -3.61. The highest BCUT2D eigenvalue weighted by Crippen LogP contribution is 2.29. The van der Waals surface area contributed by atoms with Crippen LogP contribution in [0.25, 0.3) is 0 Å². The van der Waals surface area contributed by atoms with Crippen molar-refractivity contribution in [2.45, 2.75) is 43.0 Å². The van der Waals surface area contributed by atoms with Gasteiger partial charge in [0, 0.05) is 30.9 Å². The molecule has 1 aliphatic carbocycles. The molecule has 0 saturated heterocycles. The first-order valence-corrected chi connectivity index (χ1v) is 11.9. The number of sulfonamides is 1. The lowest BCUT2D eigenvalue weighted by molar-refractivity contribution is -0.384. The maximum Gasteiger partial charge on any atom is 0.271 e. The third-order valence-corrected chi connectivity index (χ3v) is 7.61. The van der Waals surface area contributed by atoms with Crippen LogP contribution in [0.4, 0.5) is 11.4 Å². The zero-order valence-corrected chi connectivity index (χ0v) is 19.1. The summed E-state index contributed by atoms with van der Waals surface area (Å²) >= 11 is 5.94. The maximum absolute atomic E-state index is 12.9. The van der Waals surface area contributed by atoms with E-state index >= 15 is 0 Å². The molecule has 0 radical (unpaired) electrons. The SMILES string of the molecule is CN(C1CCCCC1)S(=O)(=O)c1ccc(NC(=O)COc2ccc([N+](=O)[O-])cc2Cl)cc1. The lowest BCUT2D eigenvalue weighted by Crippen LogP contribution is -2.38. The molecule has 0 heterocycles. The fourth-order valence-electron chi connectivity index (χ4n) is 3.58. The molecule has 1 aliphatic rings. The molecule has 2 aromatic carbocycles. The molecular formula is C21H24ClN3O6S. The number of anilines is 1. The highest BCUT2D eigenvalue weighted by Gasteiger charge is 2.29. The van der Waals surface area contributed by atoms with Gasteiger partial charge in [-0.15, -0.1) is 0 Å². The summed E-state index contributed by atoms with van der Waals surface area (Å²) < 4.78 is 32.5. The molecule has 1 saturated carbocycles. The normalized spacial score (nSPS) is 14.8. The molecular weight excluding hydrogens is 458 g/mol. The molecule has 1 N–H and O–H groups in total. The summed E-state index contributed by atoms with van der Waals surface area (Å²) in [7, 11) is -2.00. The summed E-state index contributed by atoms with van der Waals surface area (Å²) in [5, 5.41) is 13.4. The molecule has 1 amide bonds. The molecule has 172 valence electrons. The number of hydrogen-bond donors (Lipinski definition) is 1. The van der Waals surface area contributed by atoms with Gasteiger partial charge in [-0.05, 0) is 43.2 Å². The minimum Gasteiger partial charge on any atom is -0.482 e. The van der Waals surface area contributed by atoms with Crippen molar-refractivity contribution in [2.75, 3.05) is 19.0 Å². The van der Waals surface area contributed by atoms with Crippen LogP contribution in [0.1, 0.15) is 32.1 Å². The maximum atomic E-state index is 12.9. The second-order valence-electron chi connectivity index (χ2n) is 7.55. The first kappa shape index (κ1) is 24.0. The van der Waals surface area contributed by atoms with E-state index in [1.807, 2.05) is 0 Å². The smallest absolute Gasteiger partial charge is 0.271 e. The van der Waals surface area contributed by atoms with Gasteiger partial charge in [0.15, 0.2) is 6.61 Å². The van der Waals surface area contributed by atoms with Gasteiger partial charge in [0.1, 0.15) is 5.75 Å². The number of amides is 1. The number of ether oxygens (including phenoxy) is 1. The number of nitro benzene ring substituents is 1. The molecule has 0 unspecified atom stereocenters. The van der Waals surface area contributed by atoms with Crippen molar-refractivity contribution in [3.8, 4) is 5.75 Å². The van der Waals surface area contributed by atoms with E-state index < -0.39 is 20.9 Å². The predicted molar refractivity (Wildman–Crippen MR) is 120 cm³/mol. The number of nitrogens with one attached hydrogen (secondary N) is 1. The number of rotatable bonds is 8. The number of hydrogen-bond acceptors (Lipinski definition) is 6. The molecule has 0 bridgehead atoms. The van der Waals surface area contributed by atoms with Crippen molar-refractivity contribution in [3.05, 3.63) is 57.6 Å². The average molecular weight is 482 g/mol. The Bertz CT molecular complexity index is 1090. The van der Waals surface area contributed by atoms with E-state index in [-0.39, 0.29) is 34.0 Å². The number of non-ortho nitro benzene ring substituents is 1. The van der Waals surface area contributed by atoms with Crippen molar-refractivity contribution in [1.82, 2.24) is 4.31 Å². The van der Waals surface area contributed by atoms with Crippen LogP contribution in [-0.4, -0.2) is 43.2 Å². The Kier molecular flexibility index (Phi) is 7.70. The van der Waals surface area contributed by atoms with Crippen molar-refractivity contribution < 1.29 is 22.9 Å². The van der Waals surface area contributed by atoms with Crippen molar-refractivity contribution in [2.24, 2.45) is 0 Å². The molecule has 3 rings (SSSR count). The Morgan fingerprint density at radius 1 is 1.19 bits per heavy atom. The van der Waals surface area contributed by atoms with Crippen LogP contribution >= 0.6 is 11.6 Å². The van der Waals surface area contributed by atoms with Crippen LogP contribution in [0, 0.1) is 10.1 Å². The van der Waals surface area contributed by atoms with E-state index in [2.05, 4.69) is 5.32 Å². The molecule has 0 atom stereocenters. The van der Waals surface area contributed by atoms with Gasteiger partial charge in [-0.1, -0.05) is 30.9 Å². The van der Waals surface area contributed by atoms with Gasteiger partial charge in [-0.2, -0.15) is 4.31 Å². The molecule has 1 fully saturated rings. The molecule has 0 aliphatic heterocycles. The largest absolute Gasteiger partial charge is 0.482 e. The van der Waals surface area contributed by atoms with Crippen LogP contribution in [-0.2, 0) is 14.8 Å². The van der Waals surface area contributed by atoms with Crippen molar-refractivity contribution in [1.29, 1.82) is 0 Å². The highest BCUT2D eigenvalue weighted by molar-refractivity contribution is 7.89. The number of carbonyl (C=O) groups excluding carboxylic acids is 1. The van der Waals surface area contributed by atoms with E-state index in [0.717, 1.165) is 38.2 Å². The van der Waals surface area contributed by atoms with Gasteiger partial charge in [0.25, 0.3) is 11.6 Å². The molecule has 2 aromatic rings. The zero-order valence-electron chi connectivity index (χ0n) is 17.5.